The highest BCUT2D eigenvalue weighted by atomic mass is 16.7. The first-order chi connectivity index (χ1) is 16.2. The molecule has 2 aromatic carbocycles. The van der Waals surface area contributed by atoms with Crippen LogP contribution in [0.2, 0.25) is 0 Å². The molecule has 1 aliphatic rings. The fourth-order valence-corrected chi connectivity index (χ4v) is 4.39. The average molecular weight is 439 g/mol. The monoisotopic (exact) mass is 439 g/mol. The summed E-state index contributed by atoms with van der Waals surface area (Å²) in [4.78, 5) is 28.3. The molecule has 0 unspecified atom stereocenters. The van der Waals surface area contributed by atoms with Crippen LogP contribution in [0.1, 0.15) is 18.3 Å². The Morgan fingerprint density at radius 1 is 1.00 bits per heavy atom. The van der Waals surface area contributed by atoms with Gasteiger partial charge in [0.1, 0.15) is 16.7 Å². The van der Waals surface area contributed by atoms with Crippen molar-refractivity contribution in [1.29, 1.82) is 0 Å². The third-order valence-corrected chi connectivity index (χ3v) is 5.94. The lowest BCUT2D eigenvalue weighted by Crippen LogP contribution is -2.25. The van der Waals surface area contributed by atoms with E-state index in [1.165, 1.54) is 0 Å². The number of aryl methyl sites for hydroxylation is 1. The molecule has 3 aromatic heterocycles. The molecule has 6 rings (SSSR count). The van der Waals surface area contributed by atoms with Crippen molar-refractivity contribution < 1.29 is 9.47 Å². The third-order valence-electron chi connectivity index (χ3n) is 5.94. The number of rotatable bonds is 5. The normalized spacial score (nSPS) is 12.8. The molecule has 0 spiro atoms. The maximum atomic E-state index is 13.6. The van der Waals surface area contributed by atoms with Gasteiger partial charge in [0.25, 0.3) is 5.56 Å². The van der Waals surface area contributed by atoms with E-state index in [2.05, 4.69) is 6.58 Å². The third kappa shape index (κ3) is 2.98. The number of fused-ring (bicyclic) bond motifs is 5. The van der Waals surface area contributed by atoms with Gasteiger partial charge in [-0.15, -0.1) is 6.58 Å². The Balaban J connectivity index is 1.68. The number of aromatic nitrogens is 5. The van der Waals surface area contributed by atoms with E-state index >= 15 is 0 Å². The Morgan fingerprint density at radius 3 is 2.58 bits per heavy atom. The molecule has 1 aliphatic heterocycles. The quantitative estimate of drug-likeness (QED) is 0.387. The molecule has 0 saturated carbocycles. The molecule has 8 heteroatoms. The molecule has 8 nitrogen and oxygen atoms in total. The summed E-state index contributed by atoms with van der Waals surface area (Å²) >= 11 is 0. The van der Waals surface area contributed by atoms with Crippen LogP contribution in [-0.2, 0) is 19.5 Å². The molecule has 0 aliphatic carbocycles. The van der Waals surface area contributed by atoms with Gasteiger partial charge in [-0.3, -0.25) is 9.36 Å². The summed E-state index contributed by atoms with van der Waals surface area (Å²) < 4.78 is 14.6. The van der Waals surface area contributed by atoms with Gasteiger partial charge in [0.05, 0.1) is 17.6 Å². The van der Waals surface area contributed by atoms with E-state index in [4.69, 9.17) is 24.4 Å². The van der Waals surface area contributed by atoms with Crippen molar-refractivity contribution in [3.8, 4) is 11.5 Å². The summed E-state index contributed by atoms with van der Waals surface area (Å²) in [5, 5.41) is 0.475. The molecular weight excluding hydrogens is 418 g/mol. The van der Waals surface area contributed by atoms with Crippen molar-refractivity contribution in [3.63, 3.8) is 0 Å². The van der Waals surface area contributed by atoms with E-state index in [1.54, 1.807) is 10.6 Å². The van der Waals surface area contributed by atoms with Crippen LogP contribution in [-0.4, -0.2) is 30.9 Å². The molecule has 0 amide bonds. The number of ether oxygens (including phenoxy) is 2. The van der Waals surface area contributed by atoms with Crippen molar-refractivity contribution in [2.45, 2.75) is 26.4 Å². The van der Waals surface area contributed by atoms with Crippen LogP contribution in [0.15, 0.2) is 59.9 Å². The number of allylic oxidation sites excluding steroid dienone is 1. The van der Waals surface area contributed by atoms with Gasteiger partial charge < -0.3 is 14.0 Å². The first-order valence-corrected chi connectivity index (χ1v) is 10.9. The minimum absolute atomic E-state index is 0.129. The minimum atomic E-state index is -0.129. The van der Waals surface area contributed by atoms with Crippen molar-refractivity contribution in [1.82, 2.24) is 24.1 Å². The highest BCUT2D eigenvalue weighted by molar-refractivity contribution is 6.04. The zero-order valence-electron chi connectivity index (χ0n) is 18.1. The number of hydrogen-bond donors (Lipinski definition) is 0. The molecule has 0 bridgehead atoms. The molecule has 4 heterocycles. The van der Waals surface area contributed by atoms with Crippen molar-refractivity contribution >= 4 is 33.2 Å². The molecule has 164 valence electrons. The molecule has 0 saturated heterocycles. The smallest absolute Gasteiger partial charge is 0.265 e. The number of hydrogen-bond acceptors (Lipinski definition) is 6. The summed E-state index contributed by atoms with van der Waals surface area (Å²) in [6, 6.07) is 13.5. The fourth-order valence-electron chi connectivity index (χ4n) is 4.39. The standard InChI is InChI=1S/C25H21N5O3/c1-3-11-29-20(4-2)28-23-21(25(29)31)22-24(27-17-8-6-5-7-16(17)26-22)30(23)13-15-9-10-18-19(12-15)33-14-32-18/h3,5-10,12H,1,4,11,13-14H2,2H3. The van der Waals surface area contributed by atoms with Crippen LogP contribution in [0.3, 0.4) is 0 Å². The molecule has 0 fully saturated rings. The second-order valence-electron chi connectivity index (χ2n) is 7.94. The van der Waals surface area contributed by atoms with Gasteiger partial charge in [0, 0.05) is 13.0 Å². The Morgan fingerprint density at radius 2 is 1.79 bits per heavy atom. The van der Waals surface area contributed by atoms with Gasteiger partial charge in [-0.1, -0.05) is 31.2 Å². The zero-order valence-corrected chi connectivity index (χ0v) is 18.1. The topological polar surface area (TPSA) is 84.1 Å². The van der Waals surface area contributed by atoms with Crippen LogP contribution >= 0.6 is 0 Å². The van der Waals surface area contributed by atoms with Crippen molar-refractivity contribution in [2.75, 3.05) is 6.79 Å². The second-order valence-corrected chi connectivity index (χ2v) is 7.94. The Labute approximate surface area is 188 Å². The van der Waals surface area contributed by atoms with E-state index < -0.39 is 0 Å². The molecule has 33 heavy (non-hydrogen) atoms. The Hall–Kier alpha value is -4.20. The van der Waals surface area contributed by atoms with Gasteiger partial charge >= 0.3 is 0 Å². The summed E-state index contributed by atoms with van der Waals surface area (Å²) in [5.41, 5.74) is 4.13. The van der Waals surface area contributed by atoms with E-state index in [9.17, 15) is 4.79 Å². The molecule has 5 aromatic rings. The average Bonchev–Trinajstić information content (AvgIpc) is 3.42. The van der Waals surface area contributed by atoms with Crippen LogP contribution in [0.25, 0.3) is 33.2 Å². The van der Waals surface area contributed by atoms with Crippen LogP contribution in [0, 0.1) is 0 Å². The molecule has 0 N–H and O–H groups in total. The fraction of sp³-hybridized carbons (Fsp3) is 0.200. The highest BCUT2D eigenvalue weighted by Crippen LogP contribution is 2.33. The first-order valence-electron chi connectivity index (χ1n) is 10.9. The van der Waals surface area contributed by atoms with Gasteiger partial charge in [-0.05, 0) is 29.8 Å². The summed E-state index contributed by atoms with van der Waals surface area (Å²) in [5.74, 6) is 2.14. The lowest BCUT2D eigenvalue weighted by molar-refractivity contribution is 0.174. The largest absolute Gasteiger partial charge is 0.454 e. The number of para-hydroxylation sites is 2. The SMILES string of the molecule is C=CCn1c(CC)nc2c(c1=O)c1nc3ccccc3nc1n2Cc1ccc2c(c1)OCO2. The summed E-state index contributed by atoms with van der Waals surface area (Å²) in [6.07, 6.45) is 2.33. The number of nitrogens with zero attached hydrogens (tertiary/aromatic N) is 5. The van der Waals surface area contributed by atoms with Gasteiger partial charge in [-0.25, -0.2) is 15.0 Å². The predicted molar refractivity (Wildman–Crippen MR) is 126 cm³/mol. The van der Waals surface area contributed by atoms with E-state index in [1.807, 2.05) is 54.0 Å². The predicted octanol–water partition coefficient (Wildman–Crippen LogP) is 3.82. The molecule has 0 atom stereocenters. The highest BCUT2D eigenvalue weighted by Gasteiger charge is 2.22. The minimum Gasteiger partial charge on any atom is -0.454 e. The summed E-state index contributed by atoms with van der Waals surface area (Å²) in [6.45, 7) is 6.86. The molecular formula is C25H21N5O3. The lowest BCUT2D eigenvalue weighted by atomic mass is 10.2. The zero-order chi connectivity index (χ0) is 22.5. The van der Waals surface area contributed by atoms with E-state index in [-0.39, 0.29) is 12.4 Å². The van der Waals surface area contributed by atoms with Crippen molar-refractivity contribution in [3.05, 3.63) is 76.9 Å². The first kappa shape index (κ1) is 19.5. The van der Waals surface area contributed by atoms with Crippen LogP contribution in [0.4, 0.5) is 0 Å². The second kappa shape index (κ2) is 7.44. The van der Waals surface area contributed by atoms with Crippen LogP contribution < -0.4 is 15.0 Å². The molecule has 0 radical (unpaired) electrons. The van der Waals surface area contributed by atoms with Gasteiger partial charge in [0.15, 0.2) is 22.8 Å². The Kier molecular flexibility index (Phi) is 4.39. The lowest BCUT2D eigenvalue weighted by Gasteiger charge is -2.11. The number of benzene rings is 2. The van der Waals surface area contributed by atoms with E-state index in [0.717, 1.165) is 22.3 Å². The van der Waals surface area contributed by atoms with E-state index in [0.29, 0.717) is 53.3 Å². The Bertz CT molecular complexity index is 1630. The van der Waals surface area contributed by atoms with Crippen molar-refractivity contribution in [2.24, 2.45) is 0 Å². The van der Waals surface area contributed by atoms with Gasteiger partial charge in [-0.2, -0.15) is 0 Å². The maximum absolute atomic E-state index is 13.6. The summed E-state index contributed by atoms with van der Waals surface area (Å²) in [7, 11) is 0. The van der Waals surface area contributed by atoms with Gasteiger partial charge in [0.2, 0.25) is 6.79 Å². The maximum Gasteiger partial charge on any atom is 0.265 e. The van der Waals surface area contributed by atoms with Crippen LogP contribution in [0.5, 0.6) is 11.5 Å².